The molecule has 0 unspecified atom stereocenters. The van der Waals surface area contributed by atoms with Crippen molar-refractivity contribution >= 4 is 17.4 Å². The van der Waals surface area contributed by atoms with Crippen LogP contribution in [0.15, 0.2) is 4.52 Å². The Hall–Kier alpha value is 0.320. The fourth-order valence-electron chi connectivity index (χ4n) is 0.0256. The Balaban J connectivity index is 3.03. The Kier molecular flexibility index (Phi) is 3.70. The van der Waals surface area contributed by atoms with Gasteiger partial charge in [0.2, 0.25) is 8.68 Å². The van der Waals surface area contributed by atoms with Gasteiger partial charge < -0.3 is 0 Å². The second kappa shape index (κ2) is 3.51. The van der Waals surface area contributed by atoms with Gasteiger partial charge >= 0.3 is 8.69 Å². The highest BCUT2D eigenvalue weighted by Crippen LogP contribution is 2.43. The van der Waals surface area contributed by atoms with E-state index in [4.69, 9.17) is 0 Å². The number of rotatable bonds is 1. The molecule has 6 heteroatoms. The Labute approximate surface area is 35.6 Å². The first-order valence-electron chi connectivity index (χ1n) is 0.907. The quantitative estimate of drug-likeness (QED) is 0.487. The lowest BCUT2D eigenvalue weighted by atomic mass is 13.9. The monoisotopic (exact) mass is 133 g/mol. The summed E-state index contributed by atoms with van der Waals surface area (Å²) in [7, 11) is -4.44. The van der Waals surface area contributed by atoms with Crippen LogP contribution in [0, 0.1) is 0 Å². The van der Waals surface area contributed by atoms with Crippen LogP contribution < -0.4 is 0 Å². The van der Waals surface area contributed by atoms with Crippen molar-refractivity contribution in [1.29, 1.82) is 0 Å². The molecule has 0 aliphatic rings. The molecule has 0 bridgehead atoms. The van der Waals surface area contributed by atoms with Crippen LogP contribution in [0.25, 0.3) is 0 Å². The van der Waals surface area contributed by atoms with E-state index in [9.17, 15) is 12.6 Å². The molecule has 0 fully saturated rings. The largest absolute Gasteiger partial charge is 0.398 e. The lowest BCUT2D eigenvalue weighted by Gasteiger charge is -1.72. The first-order chi connectivity index (χ1) is 2.77. The Morgan fingerprint density at radius 3 is 2.00 bits per heavy atom. The predicted octanol–water partition coefficient (Wildman–Crippen LogP) is 3.17. The molecule has 0 N–H and O–H groups in total. The van der Waals surface area contributed by atoms with E-state index in [1.165, 1.54) is 0 Å². The van der Waals surface area contributed by atoms with Crippen LogP contribution >= 0.6 is 17.4 Å². The highest BCUT2D eigenvalue weighted by molar-refractivity contribution is 7.49. The molecule has 0 aromatic rings. The summed E-state index contributed by atoms with van der Waals surface area (Å²) >= 11 is 0. The van der Waals surface area contributed by atoms with E-state index in [0.29, 0.717) is 0 Å². The normalized spacial score (nSPS) is 11.3. The third-order valence-electron chi connectivity index (χ3n) is 0.101. The summed E-state index contributed by atoms with van der Waals surface area (Å²) in [6, 6.07) is 0. The second-order valence-electron chi connectivity index (χ2n) is 0.380. The SMILES string of the molecule is FP=NP(F)F. The summed E-state index contributed by atoms with van der Waals surface area (Å²) in [5.41, 5.74) is 0. The molecule has 0 atom stereocenters. The fraction of sp³-hybridized carbons (Fsp3) is 0. The molecule has 0 saturated carbocycles. The molecule has 0 radical (unpaired) electrons. The van der Waals surface area contributed by atoms with Crippen LogP contribution in [0.4, 0.5) is 12.6 Å². The van der Waals surface area contributed by atoms with Gasteiger partial charge in [-0.3, -0.25) is 0 Å². The smallest absolute Gasteiger partial charge is 0.162 e. The van der Waals surface area contributed by atoms with Gasteiger partial charge in [-0.25, -0.2) is 0 Å². The lowest BCUT2D eigenvalue weighted by Crippen LogP contribution is -1.25. The standard InChI is InChI=1S/F3NP2/c1-5-4-6(2)3. The molecule has 0 rings (SSSR count). The van der Waals surface area contributed by atoms with Crippen LogP contribution in [-0.2, 0) is 0 Å². The van der Waals surface area contributed by atoms with Crippen LogP contribution in [0.1, 0.15) is 0 Å². The maximum atomic E-state index is 10.7. The minimum atomic E-state index is -3.36. The molecule has 0 aromatic heterocycles. The maximum absolute atomic E-state index is 10.7. The Morgan fingerprint density at radius 2 is 2.00 bits per heavy atom. The van der Waals surface area contributed by atoms with E-state index in [1.54, 1.807) is 0 Å². The van der Waals surface area contributed by atoms with Crippen molar-refractivity contribution in [3.05, 3.63) is 0 Å². The molecule has 1 nitrogen and oxygen atoms in total. The summed E-state index contributed by atoms with van der Waals surface area (Å²) in [4.78, 5) is 0. The number of nitrogens with zero attached hydrogens (tertiary/aromatic N) is 1. The molecule has 6 heavy (non-hydrogen) atoms. The van der Waals surface area contributed by atoms with Gasteiger partial charge in [0.25, 0.3) is 0 Å². The Morgan fingerprint density at radius 1 is 1.50 bits per heavy atom. The van der Waals surface area contributed by atoms with Crippen LogP contribution in [-0.4, -0.2) is 0 Å². The van der Waals surface area contributed by atoms with Gasteiger partial charge in [0.1, 0.15) is 0 Å². The third-order valence-corrected chi connectivity index (χ3v) is 0.913. The van der Waals surface area contributed by atoms with Gasteiger partial charge in [0.05, 0.1) is 0 Å². The van der Waals surface area contributed by atoms with E-state index in [1.807, 2.05) is 0 Å². The van der Waals surface area contributed by atoms with Crippen molar-refractivity contribution in [3.63, 3.8) is 0 Å². The average molecular weight is 133 g/mol. The summed E-state index contributed by atoms with van der Waals surface area (Å²) in [6.45, 7) is 0. The maximum Gasteiger partial charge on any atom is 0.398 e. The summed E-state index contributed by atoms with van der Waals surface area (Å²) in [5, 5.41) is 0. The van der Waals surface area contributed by atoms with Gasteiger partial charge in [-0.05, 0) is 0 Å². The van der Waals surface area contributed by atoms with Crippen LogP contribution in [0.3, 0.4) is 0 Å². The molecule has 0 aliphatic heterocycles. The third kappa shape index (κ3) is 4.32. The minimum absolute atomic E-state index is 1.07. The number of halogens is 3. The topological polar surface area (TPSA) is 12.4 Å². The summed E-state index contributed by atoms with van der Waals surface area (Å²) < 4.78 is 34.1. The average Bonchev–Trinajstić information content (AvgIpc) is 1.35. The van der Waals surface area contributed by atoms with E-state index < -0.39 is 17.4 Å². The highest BCUT2D eigenvalue weighted by Gasteiger charge is 1.94. The highest BCUT2D eigenvalue weighted by atomic mass is 31.2. The van der Waals surface area contributed by atoms with E-state index in [0.717, 1.165) is 0 Å². The zero-order valence-corrected chi connectivity index (χ0v) is 4.26. The zero-order valence-electron chi connectivity index (χ0n) is 2.48. The van der Waals surface area contributed by atoms with Crippen molar-refractivity contribution in [2.45, 2.75) is 0 Å². The van der Waals surface area contributed by atoms with Crippen molar-refractivity contribution < 1.29 is 12.6 Å². The Bertz CT molecular complexity index is 50.8. The summed E-state index contributed by atoms with van der Waals surface area (Å²) in [6.07, 6.45) is 0. The van der Waals surface area contributed by atoms with E-state index in [2.05, 4.69) is 4.52 Å². The molecule has 0 aromatic carbocycles. The van der Waals surface area contributed by atoms with Crippen molar-refractivity contribution in [3.8, 4) is 0 Å². The molecule has 36 valence electrons. The van der Waals surface area contributed by atoms with Crippen molar-refractivity contribution in [2.24, 2.45) is 4.52 Å². The van der Waals surface area contributed by atoms with Crippen LogP contribution in [0.2, 0.25) is 0 Å². The lowest BCUT2D eigenvalue weighted by molar-refractivity contribution is 0.747. The summed E-state index contributed by atoms with van der Waals surface area (Å²) in [5.74, 6) is 0. The number of hydrogen-bond donors (Lipinski definition) is 0. The minimum Gasteiger partial charge on any atom is -0.162 e. The first-order valence-corrected chi connectivity index (χ1v) is 2.72. The van der Waals surface area contributed by atoms with Gasteiger partial charge in [-0.15, -0.1) is 4.52 Å². The fourth-order valence-corrected chi connectivity index (χ4v) is 0.230. The first kappa shape index (κ1) is 6.32. The van der Waals surface area contributed by atoms with Crippen molar-refractivity contribution in [1.82, 2.24) is 0 Å². The number of hydrogen-bond acceptors (Lipinski definition) is 1. The molecule has 0 amide bonds. The molecule has 0 saturated heterocycles. The van der Waals surface area contributed by atoms with Gasteiger partial charge in [0.15, 0.2) is 0 Å². The molecular weight excluding hydrogens is 133 g/mol. The zero-order chi connectivity index (χ0) is 4.99. The molecule has 0 heterocycles. The van der Waals surface area contributed by atoms with Gasteiger partial charge in [-0.1, -0.05) is 0 Å². The van der Waals surface area contributed by atoms with Gasteiger partial charge in [-0.2, -0.15) is 12.6 Å². The second-order valence-corrected chi connectivity index (χ2v) is 1.68. The molecule has 0 spiro atoms. The van der Waals surface area contributed by atoms with Gasteiger partial charge in [0, 0.05) is 0 Å². The van der Waals surface area contributed by atoms with E-state index in [-0.39, 0.29) is 0 Å². The molecule has 0 aliphatic carbocycles. The predicted molar refractivity (Wildman–Crippen MR) is 19.6 cm³/mol. The molecular formula is F3NP2. The van der Waals surface area contributed by atoms with Crippen LogP contribution in [0.5, 0.6) is 0 Å². The van der Waals surface area contributed by atoms with E-state index >= 15 is 0 Å². The van der Waals surface area contributed by atoms with Crippen molar-refractivity contribution in [2.75, 3.05) is 0 Å².